The number of aliphatic carboxylic acids is 1. The SMILES string of the molecule is O=C(O)C1CCC(C(=O)NCC2(CO)CCCC2)C1. The molecule has 0 aromatic carbocycles. The van der Waals surface area contributed by atoms with Crippen LogP contribution in [0.2, 0.25) is 0 Å². The average molecular weight is 269 g/mol. The number of carbonyl (C=O) groups is 2. The highest BCUT2D eigenvalue weighted by Gasteiger charge is 2.37. The summed E-state index contributed by atoms with van der Waals surface area (Å²) < 4.78 is 0. The van der Waals surface area contributed by atoms with Crippen LogP contribution in [0, 0.1) is 17.3 Å². The maximum absolute atomic E-state index is 12.0. The minimum atomic E-state index is -0.794. The zero-order valence-corrected chi connectivity index (χ0v) is 11.2. The number of hydrogen-bond acceptors (Lipinski definition) is 3. The first kappa shape index (κ1) is 14.3. The van der Waals surface area contributed by atoms with Crippen LogP contribution in [0.4, 0.5) is 0 Å². The van der Waals surface area contributed by atoms with Crippen LogP contribution in [-0.4, -0.2) is 35.2 Å². The van der Waals surface area contributed by atoms with E-state index in [0.29, 0.717) is 25.8 Å². The first-order chi connectivity index (χ1) is 9.06. The van der Waals surface area contributed by atoms with Crippen molar-refractivity contribution in [1.29, 1.82) is 0 Å². The molecule has 2 atom stereocenters. The highest BCUT2D eigenvalue weighted by Crippen LogP contribution is 2.37. The third-order valence-corrected chi connectivity index (χ3v) is 4.79. The van der Waals surface area contributed by atoms with E-state index in [1.807, 2.05) is 0 Å². The molecule has 0 spiro atoms. The van der Waals surface area contributed by atoms with Crippen LogP contribution in [-0.2, 0) is 9.59 Å². The van der Waals surface area contributed by atoms with Crippen molar-refractivity contribution in [3.05, 3.63) is 0 Å². The molecule has 2 fully saturated rings. The summed E-state index contributed by atoms with van der Waals surface area (Å²) in [5.41, 5.74) is -0.138. The molecule has 0 aromatic heterocycles. The van der Waals surface area contributed by atoms with E-state index in [4.69, 9.17) is 5.11 Å². The molecule has 2 aliphatic carbocycles. The molecule has 1 amide bonds. The topological polar surface area (TPSA) is 86.6 Å². The summed E-state index contributed by atoms with van der Waals surface area (Å²) in [7, 11) is 0. The standard InChI is InChI=1S/C14H23NO4/c16-9-14(5-1-2-6-14)8-15-12(17)10-3-4-11(7-10)13(18)19/h10-11,16H,1-9H2,(H,15,17)(H,18,19). The molecule has 2 unspecified atom stereocenters. The Kier molecular flexibility index (Phi) is 4.45. The summed E-state index contributed by atoms with van der Waals surface area (Å²) in [6.07, 6.45) is 5.86. The number of amides is 1. The Balaban J connectivity index is 1.80. The highest BCUT2D eigenvalue weighted by molar-refractivity contribution is 5.80. The Hall–Kier alpha value is -1.10. The number of hydrogen-bond donors (Lipinski definition) is 3. The lowest BCUT2D eigenvalue weighted by molar-refractivity contribution is -0.141. The summed E-state index contributed by atoms with van der Waals surface area (Å²) in [6.45, 7) is 0.645. The summed E-state index contributed by atoms with van der Waals surface area (Å²) >= 11 is 0. The van der Waals surface area contributed by atoms with Crippen LogP contribution in [0.3, 0.4) is 0 Å². The van der Waals surface area contributed by atoms with Gasteiger partial charge in [0.05, 0.1) is 12.5 Å². The van der Waals surface area contributed by atoms with Crippen LogP contribution in [0.1, 0.15) is 44.9 Å². The summed E-state index contributed by atoms with van der Waals surface area (Å²) in [5, 5.41) is 21.3. The fourth-order valence-electron chi connectivity index (χ4n) is 3.38. The quantitative estimate of drug-likeness (QED) is 0.699. The van der Waals surface area contributed by atoms with Crippen LogP contribution >= 0.6 is 0 Å². The smallest absolute Gasteiger partial charge is 0.306 e. The Morgan fingerprint density at radius 3 is 2.32 bits per heavy atom. The fraction of sp³-hybridized carbons (Fsp3) is 0.857. The molecule has 2 saturated carbocycles. The number of nitrogens with one attached hydrogen (secondary N) is 1. The van der Waals surface area contributed by atoms with Gasteiger partial charge in [-0.15, -0.1) is 0 Å². The Bertz CT molecular complexity index is 349. The summed E-state index contributed by atoms with van der Waals surface area (Å²) in [4.78, 5) is 22.9. The maximum atomic E-state index is 12.0. The van der Waals surface area contributed by atoms with Gasteiger partial charge in [-0.05, 0) is 32.1 Å². The number of aliphatic hydroxyl groups excluding tert-OH is 1. The molecule has 5 heteroatoms. The lowest BCUT2D eigenvalue weighted by Gasteiger charge is -2.27. The van der Waals surface area contributed by atoms with Gasteiger partial charge in [-0.1, -0.05) is 12.8 Å². The molecule has 2 aliphatic rings. The summed E-state index contributed by atoms with van der Waals surface area (Å²) in [6, 6.07) is 0. The van der Waals surface area contributed by atoms with Gasteiger partial charge in [0.25, 0.3) is 0 Å². The van der Waals surface area contributed by atoms with Crippen molar-refractivity contribution in [2.75, 3.05) is 13.2 Å². The van der Waals surface area contributed by atoms with Gasteiger partial charge in [0.1, 0.15) is 0 Å². The first-order valence-corrected chi connectivity index (χ1v) is 7.18. The van der Waals surface area contributed by atoms with Gasteiger partial charge in [-0.2, -0.15) is 0 Å². The van der Waals surface area contributed by atoms with E-state index >= 15 is 0 Å². The zero-order valence-electron chi connectivity index (χ0n) is 11.2. The fourth-order valence-corrected chi connectivity index (χ4v) is 3.38. The molecule has 5 nitrogen and oxygen atoms in total. The van der Waals surface area contributed by atoms with E-state index in [1.165, 1.54) is 0 Å². The van der Waals surface area contributed by atoms with E-state index in [9.17, 15) is 14.7 Å². The molecule has 19 heavy (non-hydrogen) atoms. The van der Waals surface area contributed by atoms with Gasteiger partial charge in [-0.3, -0.25) is 9.59 Å². The van der Waals surface area contributed by atoms with Crippen LogP contribution in [0.5, 0.6) is 0 Å². The van der Waals surface area contributed by atoms with Gasteiger partial charge in [0, 0.05) is 17.9 Å². The van der Waals surface area contributed by atoms with E-state index in [0.717, 1.165) is 25.7 Å². The Labute approximate surface area is 113 Å². The second kappa shape index (κ2) is 5.90. The monoisotopic (exact) mass is 269 g/mol. The molecule has 0 saturated heterocycles. The Morgan fingerprint density at radius 1 is 1.16 bits per heavy atom. The Morgan fingerprint density at radius 2 is 1.79 bits per heavy atom. The summed E-state index contributed by atoms with van der Waals surface area (Å²) in [5.74, 6) is -1.37. The molecule has 0 aliphatic heterocycles. The molecule has 108 valence electrons. The third kappa shape index (κ3) is 3.26. The number of aliphatic hydroxyl groups is 1. The normalized spacial score (nSPS) is 29.3. The van der Waals surface area contributed by atoms with Crippen molar-refractivity contribution in [3.63, 3.8) is 0 Å². The average Bonchev–Trinajstić information content (AvgIpc) is 3.06. The first-order valence-electron chi connectivity index (χ1n) is 7.18. The molecule has 0 radical (unpaired) electrons. The number of rotatable bonds is 5. The second-order valence-electron chi connectivity index (χ2n) is 6.13. The largest absolute Gasteiger partial charge is 0.481 e. The van der Waals surface area contributed by atoms with E-state index < -0.39 is 5.97 Å². The minimum Gasteiger partial charge on any atom is -0.481 e. The van der Waals surface area contributed by atoms with Crippen molar-refractivity contribution >= 4 is 11.9 Å². The van der Waals surface area contributed by atoms with E-state index in [-0.39, 0.29) is 29.8 Å². The minimum absolute atomic E-state index is 0.0384. The molecule has 3 N–H and O–H groups in total. The predicted molar refractivity (Wildman–Crippen MR) is 69.5 cm³/mol. The van der Waals surface area contributed by atoms with Crippen molar-refractivity contribution < 1.29 is 19.8 Å². The van der Waals surface area contributed by atoms with Crippen molar-refractivity contribution in [3.8, 4) is 0 Å². The van der Waals surface area contributed by atoms with Gasteiger partial charge in [0.15, 0.2) is 0 Å². The molecular formula is C14H23NO4. The third-order valence-electron chi connectivity index (χ3n) is 4.79. The highest BCUT2D eigenvalue weighted by atomic mass is 16.4. The van der Waals surface area contributed by atoms with Gasteiger partial charge < -0.3 is 15.5 Å². The van der Waals surface area contributed by atoms with Crippen LogP contribution in [0.15, 0.2) is 0 Å². The second-order valence-corrected chi connectivity index (χ2v) is 6.13. The van der Waals surface area contributed by atoms with Crippen LogP contribution < -0.4 is 5.32 Å². The maximum Gasteiger partial charge on any atom is 0.306 e. The number of carboxylic acid groups (broad SMARTS) is 1. The molecule has 0 heterocycles. The number of carbonyl (C=O) groups excluding carboxylic acids is 1. The molecule has 2 rings (SSSR count). The number of carboxylic acids is 1. The molecule has 0 aromatic rings. The van der Waals surface area contributed by atoms with Gasteiger partial charge >= 0.3 is 5.97 Å². The lowest BCUT2D eigenvalue weighted by Crippen LogP contribution is -2.40. The zero-order chi connectivity index (χ0) is 13.9. The van der Waals surface area contributed by atoms with Crippen molar-refractivity contribution in [2.45, 2.75) is 44.9 Å². The van der Waals surface area contributed by atoms with Crippen molar-refractivity contribution in [2.24, 2.45) is 17.3 Å². The molecular weight excluding hydrogens is 246 g/mol. The van der Waals surface area contributed by atoms with Gasteiger partial charge in [-0.25, -0.2) is 0 Å². The molecule has 0 bridgehead atoms. The lowest BCUT2D eigenvalue weighted by atomic mass is 9.87. The van der Waals surface area contributed by atoms with E-state index in [2.05, 4.69) is 5.32 Å². The van der Waals surface area contributed by atoms with Crippen LogP contribution in [0.25, 0.3) is 0 Å². The van der Waals surface area contributed by atoms with Gasteiger partial charge in [0.2, 0.25) is 5.91 Å². The van der Waals surface area contributed by atoms with Crippen molar-refractivity contribution in [1.82, 2.24) is 5.32 Å². The van der Waals surface area contributed by atoms with E-state index in [1.54, 1.807) is 0 Å². The predicted octanol–water partition coefficient (Wildman–Crippen LogP) is 1.16.